The number of aryl methyl sites for hydroxylation is 1. The number of likely N-dealkylation sites (tertiary alicyclic amines) is 1. The molecule has 2 atom stereocenters. The first kappa shape index (κ1) is 16.6. The van der Waals surface area contributed by atoms with E-state index in [1.54, 1.807) is 0 Å². The number of hydrogen-bond donors (Lipinski definition) is 1. The molecule has 2 fully saturated rings. The summed E-state index contributed by atoms with van der Waals surface area (Å²) < 4.78 is 7.79. The lowest BCUT2D eigenvalue weighted by Gasteiger charge is -2.56. The van der Waals surface area contributed by atoms with Crippen LogP contribution in [0.1, 0.15) is 36.7 Å². The van der Waals surface area contributed by atoms with Crippen molar-refractivity contribution in [2.24, 2.45) is 12.5 Å². The zero-order valence-corrected chi connectivity index (χ0v) is 14.9. The molecular weight excluding hydrogens is 316 g/mol. The lowest BCUT2D eigenvalue weighted by Crippen LogP contribution is -2.62. The maximum atomic E-state index is 13.0. The summed E-state index contributed by atoms with van der Waals surface area (Å²) in [5.74, 6) is 0.0790. The lowest BCUT2D eigenvalue weighted by atomic mass is 9.58. The quantitative estimate of drug-likeness (QED) is 0.933. The number of aliphatic hydroxyl groups excluding tert-OH is 1. The van der Waals surface area contributed by atoms with E-state index in [0.717, 1.165) is 35.9 Å². The van der Waals surface area contributed by atoms with Crippen molar-refractivity contribution in [1.29, 1.82) is 0 Å². The predicted molar refractivity (Wildman–Crippen MR) is 96.5 cm³/mol. The summed E-state index contributed by atoms with van der Waals surface area (Å²) in [6.45, 7) is 4.04. The number of nitrogens with zero attached hydrogens (tertiary/aromatic N) is 2. The summed E-state index contributed by atoms with van der Waals surface area (Å²) in [7, 11) is 1.95. The monoisotopic (exact) mass is 342 g/mol. The predicted octanol–water partition coefficient (Wildman–Crippen LogP) is 2.57. The van der Waals surface area contributed by atoms with Crippen molar-refractivity contribution in [3.8, 4) is 0 Å². The molecule has 0 radical (unpaired) electrons. The van der Waals surface area contributed by atoms with E-state index in [0.29, 0.717) is 19.7 Å². The van der Waals surface area contributed by atoms with Gasteiger partial charge in [-0.3, -0.25) is 4.79 Å². The van der Waals surface area contributed by atoms with Crippen molar-refractivity contribution in [2.45, 2.75) is 38.4 Å². The van der Waals surface area contributed by atoms with Crippen LogP contribution >= 0.6 is 0 Å². The number of aromatic nitrogens is 1. The Kier molecular flexibility index (Phi) is 4.08. The Bertz CT molecular complexity index is 787. The first-order valence-electron chi connectivity index (χ1n) is 9.20. The van der Waals surface area contributed by atoms with Gasteiger partial charge in [-0.05, 0) is 31.9 Å². The molecule has 2 aliphatic rings. The molecule has 1 N–H and O–H groups in total. The van der Waals surface area contributed by atoms with Crippen LogP contribution in [0.2, 0.25) is 0 Å². The molecule has 0 unspecified atom stereocenters. The fourth-order valence-electron chi connectivity index (χ4n) is 4.60. The lowest BCUT2D eigenvalue weighted by molar-refractivity contribution is -0.207. The Morgan fingerprint density at radius 2 is 2.04 bits per heavy atom. The average molecular weight is 342 g/mol. The molecule has 2 aromatic rings. The molecule has 0 bridgehead atoms. The van der Waals surface area contributed by atoms with Gasteiger partial charge in [0.1, 0.15) is 5.69 Å². The highest BCUT2D eigenvalue weighted by atomic mass is 16.5. The van der Waals surface area contributed by atoms with Gasteiger partial charge in [-0.1, -0.05) is 18.2 Å². The number of aliphatic hydroxyl groups is 1. The fraction of sp³-hybridized carbons (Fsp3) is 0.550. The fourth-order valence-corrected chi connectivity index (χ4v) is 4.60. The minimum Gasteiger partial charge on any atom is -0.392 e. The summed E-state index contributed by atoms with van der Waals surface area (Å²) in [5, 5.41) is 11.4. The minimum atomic E-state index is -0.293. The standard InChI is InChI=1S/C20H26N2O3/c1-3-25-18-13-17(23)20(18)8-10-22(11-9-20)19(24)16-12-14-6-4-5-7-15(14)21(16)2/h4-7,12,17-18,23H,3,8-11,13H2,1-2H3/t17-,18-/m1/s1. The second kappa shape index (κ2) is 6.15. The van der Waals surface area contributed by atoms with Gasteiger partial charge in [0, 0.05) is 49.5 Å². The number of hydrogen-bond acceptors (Lipinski definition) is 3. The van der Waals surface area contributed by atoms with Gasteiger partial charge >= 0.3 is 0 Å². The van der Waals surface area contributed by atoms with E-state index in [1.165, 1.54) is 0 Å². The van der Waals surface area contributed by atoms with Gasteiger partial charge in [-0.15, -0.1) is 0 Å². The highest BCUT2D eigenvalue weighted by Gasteiger charge is 2.56. The van der Waals surface area contributed by atoms with Crippen molar-refractivity contribution in [3.63, 3.8) is 0 Å². The Morgan fingerprint density at radius 1 is 1.32 bits per heavy atom. The zero-order chi connectivity index (χ0) is 17.6. The summed E-state index contributed by atoms with van der Waals surface area (Å²) >= 11 is 0. The summed E-state index contributed by atoms with van der Waals surface area (Å²) in [5.41, 5.74) is 1.66. The van der Waals surface area contributed by atoms with Gasteiger partial charge in [-0.2, -0.15) is 0 Å². The van der Waals surface area contributed by atoms with Crippen LogP contribution in [0, 0.1) is 5.41 Å². The van der Waals surface area contributed by atoms with Crippen molar-refractivity contribution in [2.75, 3.05) is 19.7 Å². The van der Waals surface area contributed by atoms with Gasteiger partial charge < -0.3 is 19.3 Å². The van der Waals surface area contributed by atoms with E-state index in [1.807, 2.05) is 53.8 Å². The number of carbonyl (C=O) groups is 1. The van der Waals surface area contributed by atoms with Crippen LogP contribution < -0.4 is 0 Å². The molecule has 25 heavy (non-hydrogen) atoms. The zero-order valence-electron chi connectivity index (χ0n) is 14.9. The van der Waals surface area contributed by atoms with E-state index in [9.17, 15) is 9.90 Å². The Morgan fingerprint density at radius 3 is 2.68 bits per heavy atom. The van der Waals surface area contributed by atoms with Crippen molar-refractivity contribution in [1.82, 2.24) is 9.47 Å². The first-order chi connectivity index (χ1) is 12.1. The van der Waals surface area contributed by atoms with Crippen molar-refractivity contribution < 1.29 is 14.6 Å². The summed E-state index contributed by atoms with van der Waals surface area (Å²) in [4.78, 5) is 14.9. The molecule has 1 aliphatic heterocycles. The molecule has 1 saturated heterocycles. The molecular formula is C20H26N2O3. The second-order valence-electron chi connectivity index (χ2n) is 7.37. The van der Waals surface area contributed by atoms with E-state index in [4.69, 9.17) is 4.74 Å². The number of piperidine rings is 1. The molecule has 5 nitrogen and oxygen atoms in total. The highest BCUT2D eigenvalue weighted by Crippen LogP contribution is 2.51. The van der Waals surface area contributed by atoms with Gasteiger partial charge in [0.15, 0.2) is 0 Å². The van der Waals surface area contributed by atoms with E-state index < -0.39 is 0 Å². The second-order valence-corrected chi connectivity index (χ2v) is 7.37. The smallest absolute Gasteiger partial charge is 0.270 e. The molecule has 1 spiro atoms. The van der Waals surface area contributed by atoms with E-state index in [-0.39, 0.29) is 23.5 Å². The molecule has 134 valence electrons. The molecule has 1 amide bonds. The van der Waals surface area contributed by atoms with Gasteiger partial charge in [-0.25, -0.2) is 0 Å². The van der Waals surface area contributed by atoms with Crippen molar-refractivity contribution >= 4 is 16.8 Å². The Hall–Kier alpha value is -1.85. The normalized spacial score (nSPS) is 25.3. The van der Waals surface area contributed by atoms with Crippen LogP contribution in [-0.2, 0) is 11.8 Å². The number of fused-ring (bicyclic) bond motifs is 1. The summed E-state index contributed by atoms with van der Waals surface area (Å²) in [6.07, 6.45) is 2.20. The number of ether oxygens (including phenoxy) is 1. The molecule has 5 heteroatoms. The maximum Gasteiger partial charge on any atom is 0.270 e. The van der Waals surface area contributed by atoms with Crippen LogP contribution in [0.5, 0.6) is 0 Å². The topological polar surface area (TPSA) is 54.7 Å². The molecule has 1 aromatic carbocycles. The van der Waals surface area contributed by atoms with Crippen LogP contribution in [0.4, 0.5) is 0 Å². The van der Waals surface area contributed by atoms with Gasteiger partial charge in [0.25, 0.3) is 5.91 Å². The number of rotatable bonds is 3. The third-order valence-corrected chi connectivity index (χ3v) is 6.26. The third kappa shape index (κ3) is 2.49. The third-order valence-electron chi connectivity index (χ3n) is 6.26. The Balaban J connectivity index is 1.50. The number of carbonyl (C=O) groups excluding carboxylic acids is 1. The molecule has 2 heterocycles. The average Bonchev–Trinajstić information content (AvgIpc) is 2.98. The highest BCUT2D eigenvalue weighted by molar-refractivity contribution is 5.98. The van der Waals surface area contributed by atoms with E-state index >= 15 is 0 Å². The van der Waals surface area contributed by atoms with Crippen molar-refractivity contribution in [3.05, 3.63) is 36.0 Å². The number of benzene rings is 1. The number of amides is 1. The summed E-state index contributed by atoms with van der Waals surface area (Å²) in [6, 6.07) is 10.0. The molecule has 4 rings (SSSR count). The molecule has 1 saturated carbocycles. The SMILES string of the molecule is CCO[C@@H]1C[C@@H](O)C12CCN(C(=O)c1cc3ccccc3n1C)CC2. The minimum absolute atomic E-state index is 0.0790. The van der Waals surface area contributed by atoms with Crippen LogP contribution in [0.15, 0.2) is 30.3 Å². The first-order valence-corrected chi connectivity index (χ1v) is 9.20. The van der Waals surface area contributed by atoms with Crippen LogP contribution in [-0.4, -0.2) is 52.4 Å². The van der Waals surface area contributed by atoms with Gasteiger partial charge in [0.2, 0.25) is 0 Å². The molecule has 1 aliphatic carbocycles. The molecule has 1 aromatic heterocycles. The van der Waals surface area contributed by atoms with Gasteiger partial charge in [0.05, 0.1) is 12.2 Å². The van der Waals surface area contributed by atoms with Crippen LogP contribution in [0.25, 0.3) is 10.9 Å². The number of para-hydroxylation sites is 1. The maximum absolute atomic E-state index is 13.0. The Labute approximate surface area is 148 Å². The van der Waals surface area contributed by atoms with Crippen LogP contribution in [0.3, 0.4) is 0 Å². The van der Waals surface area contributed by atoms with E-state index in [2.05, 4.69) is 0 Å². The largest absolute Gasteiger partial charge is 0.392 e.